The summed E-state index contributed by atoms with van der Waals surface area (Å²) in [5, 5.41) is 0.650. The minimum Gasteiger partial charge on any atom is -0.338 e. The Morgan fingerprint density at radius 3 is 2.69 bits per heavy atom. The molecule has 2 aromatic carbocycles. The predicted octanol–water partition coefficient (Wildman–Crippen LogP) is 3.59. The zero-order chi connectivity index (χ0) is 18.3. The second kappa shape index (κ2) is 6.76. The number of hydrogen-bond donors (Lipinski definition) is 0. The third-order valence-corrected chi connectivity index (χ3v) is 5.60. The van der Waals surface area contributed by atoms with Crippen LogP contribution in [0.3, 0.4) is 0 Å². The summed E-state index contributed by atoms with van der Waals surface area (Å²) in [6.45, 7) is 3.74. The molecule has 5 heteroatoms. The molecule has 2 aliphatic heterocycles. The van der Waals surface area contributed by atoms with Crippen molar-refractivity contribution >= 4 is 29.1 Å². The van der Waals surface area contributed by atoms with E-state index in [1.807, 2.05) is 36.1 Å². The first-order chi connectivity index (χ1) is 12.5. The number of anilines is 1. The van der Waals surface area contributed by atoms with Gasteiger partial charge in [-0.2, -0.15) is 0 Å². The van der Waals surface area contributed by atoms with E-state index in [0.717, 1.165) is 24.2 Å². The van der Waals surface area contributed by atoms with E-state index in [2.05, 4.69) is 12.1 Å². The molecule has 1 unspecified atom stereocenters. The summed E-state index contributed by atoms with van der Waals surface area (Å²) >= 11 is 6.02. The van der Waals surface area contributed by atoms with Crippen molar-refractivity contribution in [3.8, 4) is 0 Å². The van der Waals surface area contributed by atoms with Gasteiger partial charge in [0.2, 0.25) is 11.8 Å². The van der Waals surface area contributed by atoms with Gasteiger partial charge in [-0.25, -0.2) is 0 Å². The van der Waals surface area contributed by atoms with Crippen molar-refractivity contribution in [2.75, 3.05) is 18.0 Å². The van der Waals surface area contributed by atoms with Gasteiger partial charge in [0.15, 0.2) is 0 Å². The molecule has 0 bridgehead atoms. The molecule has 4 nitrogen and oxygen atoms in total. The SMILES string of the molecule is Cc1cc(Cl)ccc1N1CC(C(=O)N2CCc3ccccc3C2)CC1=O. The molecule has 26 heavy (non-hydrogen) atoms. The fourth-order valence-corrected chi connectivity index (χ4v) is 4.20. The molecule has 1 fully saturated rings. The van der Waals surface area contributed by atoms with Crippen LogP contribution < -0.4 is 4.90 Å². The lowest BCUT2D eigenvalue weighted by molar-refractivity contribution is -0.136. The maximum Gasteiger partial charge on any atom is 0.228 e. The molecule has 2 aromatic rings. The summed E-state index contributed by atoms with van der Waals surface area (Å²) in [6, 6.07) is 13.8. The Morgan fingerprint density at radius 2 is 1.92 bits per heavy atom. The van der Waals surface area contributed by atoms with E-state index >= 15 is 0 Å². The van der Waals surface area contributed by atoms with Crippen molar-refractivity contribution in [2.45, 2.75) is 26.3 Å². The van der Waals surface area contributed by atoms with Gasteiger partial charge < -0.3 is 9.80 Å². The minimum atomic E-state index is -0.275. The number of benzene rings is 2. The smallest absolute Gasteiger partial charge is 0.228 e. The van der Waals surface area contributed by atoms with Gasteiger partial charge in [0.25, 0.3) is 0 Å². The van der Waals surface area contributed by atoms with Gasteiger partial charge in [-0.1, -0.05) is 35.9 Å². The largest absolute Gasteiger partial charge is 0.338 e. The lowest BCUT2D eigenvalue weighted by Crippen LogP contribution is -2.40. The highest BCUT2D eigenvalue weighted by atomic mass is 35.5. The molecule has 2 heterocycles. The molecule has 0 radical (unpaired) electrons. The van der Waals surface area contributed by atoms with Crippen molar-refractivity contribution in [2.24, 2.45) is 5.92 Å². The molecule has 0 aliphatic carbocycles. The minimum absolute atomic E-state index is 0.00572. The quantitative estimate of drug-likeness (QED) is 0.812. The van der Waals surface area contributed by atoms with Crippen LogP contribution >= 0.6 is 11.6 Å². The highest BCUT2D eigenvalue weighted by molar-refractivity contribution is 6.30. The number of rotatable bonds is 2. The van der Waals surface area contributed by atoms with E-state index in [1.165, 1.54) is 11.1 Å². The van der Waals surface area contributed by atoms with Crippen molar-refractivity contribution < 1.29 is 9.59 Å². The van der Waals surface area contributed by atoms with Crippen molar-refractivity contribution in [3.63, 3.8) is 0 Å². The second-order valence-corrected chi connectivity index (χ2v) is 7.55. The number of hydrogen-bond acceptors (Lipinski definition) is 2. The molecule has 1 saturated heterocycles. The summed E-state index contributed by atoms with van der Waals surface area (Å²) in [5.41, 5.74) is 4.32. The Morgan fingerprint density at radius 1 is 1.15 bits per heavy atom. The molecule has 4 rings (SSSR count). The molecule has 0 aromatic heterocycles. The van der Waals surface area contributed by atoms with E-state index < -0.39 is 0 Å². The van der Waals surface area contributed by atoms with Crippen molar-refractivity contribution in [3.05, 3.63) is 64.2 Å². The summed E-state index contributed by atoms with van der Waals surface area (Å²) in [5.74, 6) is -0.184. The van der Waals surface area contributed by atoms with E-state index in [4.69, 9.17) is 11.6 Å². The molecule has 1 atom stereocenters. The van der Waals surface area contributed by atoms with Crippen LogP contribution in [0.15, 0.2) is 42.5 Å². The van der Waals surface area contributed by atoms with Gasteiger partial charge in [0, 0.05) is 36.8 Å². The van der Waals surface area contributed by atoms with Gasteiger partial charge in [-0.05, 0) is 48.2 Å². The summed E-state index contributed by atoms with van der Waals surface area (Å²) in [7, 11) is 0. The highest BCUT2D eigenvalue weighted by Crippen LogP contribution is 2.31. The van der Waals surface area contributed by atoms with Crippen LogP contribution in [0, 0.1) is 12.8 Å². The molecule has 0 saturated carbocycles. The summed E-state index contributed by atoms with van der Waals surface area (Å²) < 4.78 is 0. The summed E-state index contributed by atoms with van der Waals surface area (Å²) in [4.78, 5) is 29.2. The molecular formula is C21H21ClN2O2. The van der Waals surface area contributed by atoms with Crippen LogP contribution in [0.4, 0.5) is 5.69 Å². The molecule has 2 aliphatic rings. The van der Waals surface area contributed by atoms with Crippen LogP contribution in [0.5, 0.6) is 0 Å². The number of amides is 2. The zero-order valence-electron chi connectivity index (χ0n) is 14.7. The first-order valence-corrected chi connectivity index (χ1v) is 9.33. The molecule has 2 amide bonds. The molecular weight excluding hydrogens is 348 g/mol. The van der Waals surface area contributed by atoms with Crippen LogP contribution in [0.2, 0.25) is 5.02 Å². The standard InChI is InChI=1S/C21H21ClN2O2/c1-14-10-18(22)6-7-19(14)24-13-17(11-20(24)25)21(26)23-9-8-15-4-2-3-5-16(15)12-23/h2-7,10,17H,8-9,11-13H2,1H3. The Balaban J connectivity index is 1.49. The number of halogens is 1. The highest BCUT2D eigenvalue weighted by Gasteiger charge is 2.38. The number of nitrogens with zero attached hydrogens (tertiary/aromatic N) is 2. The summed E-state index contributed by atoms with van der Waals surface area (Å²) in [6.07, 6.45) is 1.15. The predicted molar refractivity (Wildman–Crippen MR) is 102 cm³/mol. The first kappa shape index (κ1) is 17.1. The maximum absolute atomic E-state index is 13.0. The van der Waals surface area contributed by atoms with Crippen LogP contribution in [0.25, 0.3) is 0 Å². The number of aryl methyl sites for hydroxylation is 1. The number of carbonyl (C=O) groups is 2. The Kier molecular flexibility index (Phi) is 4.45. The zero-order valence-corrected chi connectivity index (χ0v) is 15.5. The van der Waals surface area contributed by atoms with E-state index in [0.29, 0.717) is 18.1 Å². The van der Waals surface area contributed by atoms with Crippen LogP contribution in [0.1, 0.15) is 23.1 Å². The normalized spacial score (nSPS) is 19.6. The third kappa shape index (κ3) is 3.10. The second-order valence-electron chi connectivity index (χ2n) is 7.11. The fraction of sp³-hybridized carbons (Fsp3) is 0.333. The Bertz CT molecular complexity index is 880. The average Bonchev–Trinajstić information content (AvgIpc) is 3.02. The van der Waals surface area contributed by atoms with Crippen molar-refractivity contribution in [1.82, 2.24) is 4.90 Å². The average molecular weight is 369 g/mol. The van der Waals surface area contributed by atoms with Crippen LogP contribution in [-0.4, -0.2) is 29.8 Å². The topological polar surface area (TPSA) is 40.6 Å². The Labute approximate surface area is 158 Å². The first-order valence-electron chi connectivity index (χ1n) is 8.95. The molecule has 0 spiro atoms. The number of fused-ring (bicyclic) bond motifs is 1. The van der Waals surface area contributed by atoms with Crippen LogP contribution in [-0.2, 0) is 22.6 Å². The van der Waals surface area contributed by atoms with E-state index in [-0.39, 0.29) is 24.2 Å². The van der Waals surface area contributed by atoms with Gasteiger partial charge in [-0.3, -0.25) is 9.59 Å². The third-order valence-electron chi connectivity index (χ3n) is 5.37. The lowest BCUT2D eigenvalue weighted by Gasteiger charge is -2.30. The van der Waals surface area contributed by atoms with Gasteiger partial charge in [0.05, 0.1) is 5.92 Å². The van der Waals surface area contributed by atoms with Gasteiger partial charge >= 0.3 is 0 Å². The molecule has 134 valence electrons. The monoisotopic (exact) mass is 368 g/mol. The van der Waals surface area contributed by atoms with Gasteiger partial charge in [-0.15, -0.1) is 0 Å². The fourth-order valence-electron chi connectivity index (χ4n) is 3.97. The van der Waals surface area contributed by atoms with Crippen molar-refractivity contribution in [1.29, 1.82) is 0 Å². The van der Waals surface area contributed by atoms with E-state index in [1.54, 1.807) is 11.0 Å². The Hall–Kier alpha value is -2.33. The molecule has 0 N–H and O–H groups in total. The van der Waals surface area contributed by atoms with E-state index in [9.17, 15) is 9.59 Å². The maximum atomic E-state index is 13.0. The van der Waals surface area contributed by atoms with Gasteiger partial charge in [0.1, 0.15) is 0 Å². The lowest BCUT2D eigenvalue weighted by atomic mass is 9.98. The number of carbonyl (C=O) groups excluding carboxylic acids is 2.